The second-order valence-electron chi connectivity index (χ2n) is 7.81. The predicted octanol–water partition coefficient (Wildman–Crippen LogP) is 5.00. The van der Waals surface area contributed by atoms with E-state index < -0.39 is 0 Å². The molecule has 2 aromatic rings. The molecular formula is C24H34N2O. The Hall–Kier alpha value is -2.00. The number of nitrogens with zero attached hydrogens (tertiary/aromatic N) is 2. The summed E-state index contributed by atoms with van der Waals surface area (Å²) >= 11 is 0. The standard InChI is InChI=1S/C24H34N2O/c1-4-26(23-6-5-7-24(18-23)27-3)19-22-10-8-21(9-11-22)14-17-25-15-12-20(2)13-16-25/h5-11,18,20H,4,12-17,19H2,1-3H3. The Bertz CT molecular complexity index is 690. The van der Waals surface area contributed by atoms with Crippen LogP contribution < -0.4 is 9.64 Å². The number of hydrogen-bond donors (Lipinski definition) is 0. The van der Waals surface area contributed by atoms with Crippen LogP contribution in [-0.4, -0.2) is 38.2 Å². The molecule has 3 rings (SSSR count). The van der Waals surface area contributed by atoms with Gasteiger partial charge >= 0.3 is 0 Å². The first-order chi connectivity index (χ1) is 13.2. The Morgan fingerprint density at radius 2 is 1.74 bits per heavy atom. The van der Waals surface area contributed by atoms with Crippen molar-refractivity contribution >= 4 is 5.69 Å². The van der Waals surface area contributed by atoms with Gasteiger partial charge in [-0.05, 0) is 68.5 Å². The number of likely N-dealkylation sites (tertiary alicyclic amines) is 1. The van der Waals surface area contributed by atoms with Crippen LogP contribution in [0.25, 0.3) is 0 Å². The summed E-state index contributed by atoms with van der Waals surface area (Å²) in [7, 11) is 1.72. The van der Waals surface area contributed by atoms with E-state index in [-0.39, 0.29) is 0 Å². The van der Waals surface area contributed by atoms with E-state index in [9.17, 15) is 0 Å². The first-order valence-corrected chi connectivity index (χ1v) is 10.4. The van der Waals surface area contributed by atoms with Gasteiger partial charge in [0.1, 0.15) is 5.75 Å². The maximum Gasteiger partial charge on any atom is 0.120 e. The van der Waals surface area contributed by atoms with E-state index >= 15 is 0 Å². The second-order valence-corrected chi connectivity index (χ2v) is 7.81. The van der Waals surface area contributed by atoms with E-state index in [1.165, 1.54) is 49.3 Å². The summed E-state index contributed by atoms with van der Waals surface area (Å²) in [6.07, 6.45) is 3.87. The molecule has 27 heavy (non-hydrogen) atoms. The molecule has 0 spiro atoms. The van der Waals surface area contributed by atoms with Crippen LogP contribution in [0.4, 0.5) is 5.69 Å². The highest BCUT2D eigenvalue weighted by Gasteiger charge is 2.15. The molecule has 1 aliphatic rings. The van der Waals surface area contributed by atoms with E-state index in [1.807, 2.05) is 6.07 Å². The third kappa shape index (κ3) is 5.74. The molecule has 0 atom stereocenters. The molecule has 1 fully saturated rings. The van der Waals surface area contributed by atoms with Crippen molar-refractivity contribution in [3.05, 3.63) is 59.7 Å². The third-order valence-corrected chi connectivity index (χ3v) is 5.79. The van der Waals surface area contributed by atoms with Gasteiger partial charge in [-0.1, -0.05) is 37.3 Å². The van der Waals surface area contributed by atoms with E-state index in [2.05, 4.69) is 66.1 Å². The Morgan fingerprint density at radius 3 is 2.41 bits per heavy atom. The maximum absolute atomic E-state index is 5.37. The third-order valence-electron chi connectivity index (χ3n) is 5.79. The minimum atomic E-state index is 0.909. The van der Waals surface area contributed by atoms with Gasteiger partial charge < -0.3 is 14.5 Å². The average molecular weight is 367 g/mol. The molecule has 0 aromatic heterocycles. The molecule has 0 aliphatic carbocycles. The highest BCUT2D eigenvalue weighted by molar-refractivity contribution is 5.51. The lowest BCUT2D eigenvalue weighted by Crippen LogP contribution is -2.34. The topological polar surface area (TPSA) is 15.7 Å². The zero-order chi connectivity index (χ0) is 19.1. The highest BCUT2D eigenvalue weighted by atomic mass is 16.5. The van der Waals surface area contributed by atoms with Crippen LogP contribution in [-0.2, 0) is 13.0 Å². The second kappa shape index (κ2) is 9.80. The summed E-state index contributed by atoms with van der Waals surface area (Å²) in [5.41, 5.74) is 4.01. The predicted molar refractivity (Wildman–Crippen MR) is 115 cm³/mol. The van der Waals surface area contributed by atoms with Gasteiger partial charge in [0.05, 0.1) is 7.11 Å². The minimum Gasteiger partial charge on any atom is -0.497 e. The summed E-state index contributed by atoms with van der Waals surface area (Å²) < 4.78 is 5.37. The molecule has 0 saturated carbocycles. The smallest absolute Gasteiger partial charge is 0.120 e. The zero-order valence-corrected chi connectivity index (χ0v) is 17.2. The lowest BCUT2D eigenvalue weighted by Gasteiger charge is -2.30. The molecule has 0 unspecified atom stereocenters. The van der Waals surface area contributed by atoms with E-state index in [1.54, 1.807) is 7.11 Å². The van der Waals surface area contributed by atoms with E-state index in [4.69, 9.17) is 4.74 Å². The molecule has 1 aliphatic heterocycles. The molecule has 3 heteroatoms. The lowest BCUT2D eigenvalue weighted by atomic mass is 9.99. The van der Waals surface area contributed by atoms with Crippen LogP contribution >= 0.6 is 0 Å². The van der Waals surface area contributed by atoms with E-state index in [0.29, 0.717) is 0 Å². The molecule has 0 N–H and O–H groups in total. The Balaban J connectivity index is 1.54. The first kappa shape index (κ1) is 19.8. The Morgan fingerprint density at radius 1 is 1.04 bits per heavy atom. The van der Waals surface area contributed by atoms with Crippen LogP contribution in [0.15, 0.2) is 48.5 Å². The van der Waals surface area contributed by atoms with Crippen molar-refractivity contribution < 1.29 is 4.74 Å². The molecule has 0 radical (unpaired) electrons. The number of rotatable bonds is 8. The van der Waals surface area contributed by atoms with Gasteiger partial charge in [-0.25, -0.2) is 0 Å². The molecule has 2 aromatic carbocycles. The summed E-state index contributed by atoms with van der Waals surface area (Å²) in [5, 5.41) is 0. The number of benzene rings is 2. The number of anilines is 1. The van der Waals surface area contributed by atoms with Crippen LogP contribution in [0.1, 0.15) is 37.8 Å². The summed E-state index contributed by atoms with van der Waals surface area (Å²) in [6.45, 7) is 10.2. The molecule has 1 heterocycles. The monoisotopic (exact) mass is 366 g/mol. The van der Waals surface area contributed by atoms with Crippen LogP contribution in [0.5, 0.6) is 5.75 Å². The van der Waals surface area contributed by atoms with Crippen molar-refractivity contribution in [3.63, 3.8) is 0 Å². The van der Waals surface area contributed by atoms with Gasteiger partial charge in [-0.3, -0.25) is 0 Å². The van der Waals surface area contributed by atoms with E-state index in [0.717, 1.165) is 31.2 Å². The number of methoxy groups -OCH3 is 1. The van der Waals surface area contributed by atoms with Crippen LogP contribution in [0.2, 0.25) is 0 Å². The SMILES string of the molecule is CCN(Cc1ccc(CCN2CCC(C)CC2)cc1)c1cccc(OC)c1. The van der Waals surface area contributed by atoms with Crippen LogP contribution in [0.3, 0.4) is 0 Å². The van der Waals surface area contributed by atoms with Crippen molar-refractivity contribution in [2.45, 2.75) is 39.7 Å². The van der Waals surface area contributed by atoms with Crippen molar-refractivity contribution in [2.75, 3.05) is 38.2 Å². The Labute approximate surface area is 164 Å². The van der Waals surface area contributed by atoms with Gasteiger partial charge in [0.15, 0.2) is 0 Å². The van der Waals surface area contributed by atoms with Crippen molar-refractivity contribution in [3.8, 4) is 5.75 Å². The summed E-state index contributed by atoms with van der Waals surface area (Å²) in [4.78, 5) is 5.00. The normalized spacial score (nSPS) is 15.7. The first-order valence-electron chi connectivity index (χ1n) is 10.4. The fourth-order valence-electron chi connectivity index (χ4n) is 3.80. The number of piperidine rings is 1. The Kier molecular flexibility index (Phi) is 7.17. The minimum absolute atomic E-state index is 0.909. The average Bonchev–Trinajstić information content (AvgIpc) is 2.72. The van der Waals surface area contributed by atoms with Gasteiger partial charge in [-0.2, -0.15) is 0 Å². The van der Waals surface area contributed by atoms with Gasteiger partial charge in [0.2, 0.25) is 0 Å². The van der Waals surface area contributed by atoms with Crippen LogP contribution in [0, 0.1) is 5.92 Å². The van der Waals surface area contributed by atoms with Crippen molar-refractivity contribution in [1.29, 1.82) is 0 Å². The fourth-order valence-corrected chi connectivity index (χ4v) is 3.80. The molecule has 0 bridgehead atoms. The summed E-state index contributed by atoms with van der Waals surface area (Å²) in [5.74, 6) is 1.82. The zero-order valence-electron chi connectivity index (χ0n) is 17.2. The molecular weight excluding hydrogens is 332 g/mol. The molecule has 0 amide bonds. The fraction of sp³-hybridized carbons (Fsp3) is 0.500. The van der Waals surface area contributed by atoms with Crippen molar-refractivity contribution in [1.82, 2.24) is 4.90 Å². The lowest BCUT2D eigenvalue weighted by molar-refractivity contribution is 0.194. The quantitative estimate of drug-likeness (QED) is 0.654. The highest BCUT2D eigenvalue weighted by Crippen LogP contribution is 2.23. The van der Waals surface area contributed by atoms with Gasteiger partial charge in [0, 0.05) is 31.4 Å². The molecule has 3 nitrogen and oxygen atoms in total. The van der Waals surface area contributed by atoms with Gasteiger partial charge in [0.25, 0.3) is 0 Å². The van der Waals surface area contributed by atoms with Gasteiger partial charge in [-0.15, -0.1) is 0 Å². The number of ether oxygens (including phenoxy) is 1. The maximum atomic E-state index is 5.37. The number of hydrogen-bond acceptors (Lipinski definition) is 3. The molecule has 146 valence electrons. The van der Waals surface area contributed by atoms with Crippen molar-refractivity contribution in [2.24, 2.45) is 5.92 Å². The largest absolute Gasteiger partial charge is 0.497 e. The summed E-state index contributed by atoms with van der Waals surface area (Å²) in [6, 6.07) is 17.5. The molecule has 1 saturated heterocycles.